The van der Waals surface area contributed by atoms with E-state index >= 15 is 0 Å². The fraction of sp³-hybridized carbons (Fsp3) is 0.208. The van der Waals surface area contributed by atoms with Crippen molar-refractivity contribution in [1.82, 2.24) is 0 Å². The van der Waals surface area contributed by atoms with Gasteiger partial charge in [-0.15, -0.1) is 11.8 Å². The van der Waals surface area contributed by atoms with Crippen molar-refractivity contribution >= 4 is 50.7 Å². The zero-order valence-corrected chi connectivity index (χ0v) is 20.3. The molecule has 0 unspecified atom stereocenters. The van der Waals surface area contributed by atoms with Crippen molar-refractivity contribution in [1.29, 1.82) is 0 Å². The van der Waals surface area contributed by atoms with Crippen LogP contribution >= 0.6 is 23.4 Å². The predicted molar refractivity (Wildman–Crippen MR) is 134 cm³/mol. The highest BCUT2D eigenvalue weighted by atomic mass is 35.5. The Bertz CT molecular complexity index is 1160. The van der Waals surface area contributed by atoms with Crippen molar-refractivity contribution in [3.8, 4) is 0 Å². The Hall–Kier alpha value is -2.48. The molecule has 8 heteroatoms. The van der Waals surface area contributed by atoms with Crippen LogP contribution in [-0.4, -0.2) is 27.1 Å². The number of sulfonamides is 1. The third-order valence-corrected chi connectivity index (χ3v) is 7.33. The van der Waals surface area contributed by atoms with E-state index in [0.29, 0.717) is 22.2 Å². The Balaban J connectivity index is 1.71. The SMILES string of the molecule is CCc1ccc(N(CC(=O)Nc2ccccc2SCc2ccc(Cl)cc2)S(C)(=O)=O)cc1. The van der Waals surface area contributed by atoms with Crippen molar-refractivity contribution in [2.45, 2.75) is 24.0 Å². The Morgan fingerprint density at radius 1 is 0.969 bits per heavy atom. The minimum Gasteiger partial charge on any atom is -0.323 e. The average molecular weight is 489 g/mol. The topological polar surface area (TPSA) is 66.5 Å². The van der Waals surface area contributed by atoms with E-state index in [-0.39, 0.29) is 6.54 Å². The van der Waals surface area contributed by atoms with Crippen LogP contribution in [-0.2, 0) is 27.0 Å². The van der Waals surface area contributed by atoms with Gasteiger partial charge in [-0.2, -0.15) is 0 Å². The maximum atomic E-state index is 12.8. The molecule has 32 heavy (non-hydrogen) atoms. The number of anilines is 2. The number of nitrogens with one attached hydrogen (secondary N) is 1. The van der Waals surface area contributed by atoms with E-state index in [9.17, 15) is 13.2 Å². The maximum Gasteiger partial charge on any atom is 0.245 e. The molecule has 0 bridgehead atoms. The maximum absolute atomic E-state index is 12.8. The van der Waals surface area contributed by atoms with Crippen LogP contribution in [0.15, 0.2) is 77.7 Å². The fourth-order valence-electron chi connectivity index (χ4n) is 3.06. The van der Waals surface area contributed by atoms with E-state index in [4.69, 9.17) is 11.6 Å². The molecular formula is C24H25ClN2O3S2. The van der Waals surface area contributed by atoms with Crippen LogP contribution in [0.5, 0.6) is 0 Å². The molecule has 0 aliphatic rings. The summed E-state index contributed by atoms with van der Waals surface area (Å²) in [5, 5.41) is 3.55. The number of para-hydroxylation sites is 1. The zero-order valence-electron chi connectivity index (χ0n) is 17.9. The second-order valence-electron chi connectivity index (χ2n) is 7.25. The van der Waals surface area contributed by atoms with Crippen LogP contribution in [0.4, 0.5) is 11.4 Å². The number of aryl methyl sites for hydroxylation is 1. The molecule has 3 aromatic carbocycles. The van der Waals surface area contributed by atoms with E-state index in [2.05, 4.69) is 5.32 Å². The number of nitrogens with zero attached hydrogens (tertiary/aromatic N) is 1. The first kappa shape index (κ1) is 24.2. The first-order valence-electron chi connectivity index (χ1n) is 10.1. The quantitative estimate of drug-likeness (QED) is 0.398. The van der Waals surface area contributed by atoms with Gasteiger partial charge in [-0.1, -0.05) is 54.9 Å². The summed E-state index contributed by atoms with van der Waals surface area (Å²) in [5.74, 6) is 0.304. The van der Waals surface area contributed by atoms with E-state index in [1.54, 1.807) is 23.9 Å². The van der Waals surface area contributed by atoms with E-state index in [0.717, 1.165) is 33.0 Å². The molecule has 0 atom stereocenters. The minimum absolute atomic E-state index is 0.305. The van der Waals surface area contributed by atoms with Gasteiger partial charge < -0.3 is 5.32 Å². The average Bonchev–Trinajstić information content (AvgIpc) is 2.77. The molecule has 3 aromatic rings. The van der Waals surface area contributed by atoms with Gasteiger partial charge in [0.1, 0.15) is 6.54 Å². The molecule has 1 amide bonds. The van der Waals surface area contributed by atoms with Crippen LogP contribution in [0.25, 0.3) is 0 Å². The smallest absolute Gasteiger partial charge is 0.245 e. The third kappa shape index (κ3) is 6.76. The van der Waals surface area contributed by atoms with Crippen LogP contribution in [0.3, 0.4) is 0 Å². The summed E-state index contributed by atoms with van der Waals surface area (Å²) in [6.45, 7) is 1.72. The number of amides is 1. The minimum atomic E-state index is -3.63. The second kappa shape index (κ2) is 10.9. The van der Waals surface area contributed by atoms with Crippen molar-refractivity contribution in [2.24, 2.45) is 0 Å². The lowest BCUT2D eigenvalue weighted by Crippen LogP contribution is -2.37. The highest BCUT2D eigenvalue weighted by Gasteiger charge is 2.21. The number of carbonyl (C=O) groups excluding carboxylic acids is 1. The summed E-state index contributed by atoms with van der Waals surface area (Å²) in [7, 11) is -3.63. The van der Waals surface area contributed by atoms with Crippen molar-refractivity contribution in [3.63, 3.8) is 0 Å². The second-order valence-corrected chi connectivity index (χ2v) is 10.6. The predicted octanol–water partition coefficient (Wildman–Crippen LogP) is 5.60. The van der Waals surface area contributed by atoms with E-state index < -0.39 is 15.9 Å². The van der Waals surface area contributed by atoms with Crippen LogP contribution in [0.2, 0.25) is 5.02 Å². The molecule has 0 saturated carbocycles. The lowest BCUT2D eigenvalue weighted by molar-refractivity contribution is -0.114. The lowest BCUT2D eigenvalue weighted by Gasteiger charge is -2.22. The highest BCUT2D eigenvalue weighted by molar-refractivity contribution is 7.98. The van der Waals surface area contributed by atoms with E-state index in [1.807, 2.05) is 67.6 Å². The number of hydrogen-bond donors (Lipinski definition) is 1. The summed E-state index contributed by atoms with van der Waals surface area (Å²) in [6.07, 6.45) is 1.95. The third-order valence-electron chi connectivity index (χ3n) is 4.79. The molecule has 168 valence electrons. The molecule has 0 aromatic heterocycles. The van der Waals surface area contributed by atoms with Gasteiger partial charge >= 0.3 is 0 Å². The van der Waals surface area contributed by atoms with Crippen LogP contribution in [0.1, 0.15) is 18.1 Å². The van der Waals surface area contributed by atoms with E-state index in [1.165, 1.54) is 0 Å². The van der Waals surface area contributed by atoms with Gasteiger partial charge in [0, 0.05) is 15.7 Å². The normalized spacial score (nSPS) is 11.2. The number of hydrogen-bond acceptors (Lipinski definition) is 4. The molecule has 0 saturated heterocycles. The van der Waals surface area contributed by atoms with Crippen LogP contribution < -0.4 is 9.62 Å². The molecule has 0 aliphatic heterocycles. The Kier molecular flexibility index (Phi) is 8.23. The molecule has 0 spiro atoms. The molecule has 0 heterocycles. The Labute approximate surface area is 198 Å². The Morgan fingerprint density at radius 3 is 2.22 bits per heavy atom. The molecule has 0 radical (unpaired) electrons. The summed E-state index contributed by atoms with van der Waals surface area (Å²) in [6, 6.07) is 22.3. The first-order chi connectivity index (χ1) is 15.3. The summed E-state index contributed by atoms with van der Waals surface area (Å²) in [5.41, 5.74) is 3.31. The molecule has 5 nitrogen and oxygen atoms in total. The Morgan fingerprint density at radius 2 is 1.59 bits per heavy atom. The van der Waals surface area contributed by atoms with Gasteiger partial charge in [0.25, 0.3) is 0 Å². The van der Waals surface area contributed by atoms with Gasteiger partial charge in [0.2, 0.25) is 15.9 Å². The van der Waals surface area contributed by atoms with Gasteiger partial charge in [0.05, 0.1) is 17.6 Å². The van der Waals surface area contributed by atoms with Gasteiger partial charge in [-0.05, 0) is 53.9 Å². The molecule has 0 fully saturated rings. The molecule has 1 N–H and O–H groups in total. The summed E-state index contributed by atoms with van der Waals surface area (Å²) < 4.78 is 25.8. The number of carbonyl (C=O) groups is 1. The lowest BCUT2D eigenvalue weighted by atomic mass is 10.1. The van der Waals surface area contributed by atoms with Crippen LogP contribution in [0, 0.1) is 0 Å². The molecular weight excluding hydrogens is 464 g/mol. The number of benzene rings is 3. The standard InChI is InChI=1S/C24H25ClN2O3S2/c1-3-18-10-14-21(15-11-18)27(32(2,29)30)16-24(28)26-22-6-4-5-7-23(22)31-17-19-8-12-20(25)13-9-19/h4-15H,3,16-17H2,1-2H3,(H,26,28). The largest absolute Gasteiger partial charge is 0.323 e. The van der Waals surface area contributed by atoms with Gasteiger partial charge in [0.15, 0.2) is 0 Å². The van der Waals surface area contributed by atoms with Crippen molar-refractivity contribution in [2.75, 3.05) is 22.4 Å². The number of halogens is 1. The summed E-state index contributed by atoms with van der Waals surface area (Å²) in [4.78, 5) is 13.7. The number of thioether (sulfide) groups is 1. The molecule has 0 aliphatic carbocycles. The van der Waals surface area contributed by atoms with Crippen molar-refractivity contribution in [3.05, 3.63) is 88.9 Å². The summed E-state index contributed by atoms with van der Waals surface area (Å²) >= 11 is 7.53. The number of rotatable bonds is 9. The van der Waals surface area contributed by atoms with Gasteiger partial charge in [-0.25, -0.2) is 8.42 Å². The monoisotopic (exact) mass is 488 g/mol. The van der Waals surface area contributed by atoms with Gasteiger partial charge in [-0.3, -0.25) is 9.10 Å². The van der Waals surface area contributed by atoms with Crippen molar-refractivity contribution < 1.29 is 13.2 Å². The highest BCUT2D eigenvalue weighted by Crippen LogP contribution is 2.30. The first-order valence-corrected chi connectivity index (χ1v) is 13.3. The fourth-order valence-corrected chi connectivity index (χ4v) is 5.00. The zero-order chi connectivity index (χ0) is 23.1. The molecule has 3 rings (SSSR count).